The summed E-state index contributed by atoms with van der Waals surface area (Å²) in [7, 11) is 3.29. The van der Waals surface area contributed by atoms with Gasteiger partial charge in [0, 0.05) is 74.5 Å². The highest BCUT2D eigenvalue weighted by Gasteiger charge is 2.21. The Balaban J connectivity index is 1.40. The predicted molar refractivity (Wildman–Crippen MR) is 149 cm³/mol. The zero-order valence-electron chi connectivity index (χ0n) is 22.1. The SMILES string of the molecule is CNC(=O)c1cccc(-n2nc(-c3cc(-c4cnn(C5CCN(CCOC)CC5)c4)cnc3N)ccc2=O)c1. The number of carbonyl (C=O) groups excluding carboxylic acids is 1. The van der Waals surface area contributed by atoms with Crippen LogP contribution in [-0.2, 0) is 4.74 Å². The zero-order chi connectivity index (χ0) is 27.4. The molecule has 3 aromatic heterocycles. The van der Waals surface area contributed by atoms with Crippen molar-refractivity contribution >= 4 is 11.7 Å². The normalized spacial score (nSPS) is 14.4. The van der Waals surface area contributed by atoms with E-state index >= 15 is 0 Å². The summed E-state index contributed by atoms with van der Waals surface area (Å²) in [6.45, 7) is 3.74. The lowest BCUT2D eigenvalue weighted by Crippen LogP contribution is -2.36. The van der Waals surface area contributed by atoms with Crippen molar-refractivity contribution in [1.82, 2.24) is 34.8 Å². The minimum absolute atomic E-state index is 0.251. The van der Waals surface area contributed by atoms with Crippen molar-refractivity contribution < 1.29 is 9.53 Å². The molecule has 0 spiro atoms. The molecule has 11 nitrogen and oxygen atoms in total. The van der Waals surface area contributed by atoms with Gasteiger partial charge in [0.25, 0.3) is 11.5 Å². The van der Waals surface area contributed by atoms with E-state index in [0.717, 1.165) is 50.2 Å². The van der Waals surface area contributed by atoms with Crippen LogP contribution in [0, 0.1) is 0 Å². The van der Waals surface area contributed by atoms with Gasteiger partial charge in [-0.25, -0.2) is 4.98 Å². The molecule has 0 aliphatic carbocycles. The van der Waals surface area contributed by atoms with Crippen molar-refractivity contribution in [1.29, 1.82) is 0 Å². The Morgan fingerprint density at radius 1 is 1.13 bits per heavy atom. The van der Waals surface area contributed by atoms with Gasteiger partial charge < -0.3 is 20.7 Å². The van der Waals surface area contributed by atoms with Crippen molar-refractivity contribution in [2.24, 2.45) is 0 Å². The number of hydrogen-bond acceptors (Lipinski definition) is 8. The van der Waals surface area contributed by atoms with Gasteiger partial charge in [-0.1, -0.05) is 6.07 Å². The lowest BCUT2D eigenvalue weighted by Gasteiger charge is -2.31. The molecule has 0 radical (unpaired) electrons. The number of ether oxygens (including phenoxy) is 1. The van der Waals surface area contributed by atoms with E-state index in [1.807, 2.05) is 23.1 Å². The maximum atomic E-state index is 12.7. The third-order valence-electron chi connectivity index (χ3n) is 7.05. The number of benzene rings is 1. The molecule has 5 rings (SSSR count). The van der Waals surface area contributed by atoms with E-state index in [1.165, 1.54) is 10.7 Å². The molecule has 0 saturated carbocycles. The molecular weight excluding hydrogens is 496 g/mol. The number of anilines is 1. The average molecular weight is 529 g/mol. The molecule has 1 saturated heterocycles. The van der Waals surface area contributed by atoms with Gasteiger partial charge in [-0.2, -0.15) is 14.9 Å². The van der Waals surface area contributed by atoms with Crippen LogP contribution in [0.2, 0.25) is 0 Å². The summed E-state index contributed by atoms with van der Waals surface area (Å²) < 4.78 is 8.49. The average Bonchev–Trinajstić information content (AvgIpc) is 3.47. The number of nitrogens with zero attached hydrogens (tertiary/aromatic N) is 6. The number of pyridine rings is 1. The Hall–Kier alpha value is -4.35. The second-order valence-corrected chi connectivity index (χ2v) is 9.53. The van der Waals surface area contributed by atoms with Crippen LogP contribution in [0.15, 0.2) is 65.8 Å². The van der Waals surface area contributed by atoms with Crippen LogP contribution in [-0.4, -0.2) is 75.8 Å². The molecule has 1 aliphatic heterocycles. The van der Waals surface area contributed by atoms with Crippen LogP contribution in [0.1, 0.15) is 29.2 Å². The van der Waals surface area contributed by atoms with E-state index in [4.69, 9.17) is 10.5 Å². The Kier molecular flexibility index (Phi) is 7.80. The monoisotopic (exact) mass is 528 g/mol. The molecule has 1 aromatic carbocycles. The number of aromatic nitrogens is 5. The molecule has 1 amide bonds. The molecule has 0 atom stereocenters. The second kappa shape index (κ2) is 11.6. The minimum atomic E-state index is -0.329. The van der Waals surface area contributed by atoms with Gasteiger partial charge in [0.15, 0.2) is 0 Å². The lowest BCUT2D eigenvalue weighted by atomic mass is 10.0. The lowest BCUT2D eigenvalue weighted by molar-refractivity contribution is 0.0963. The van der Waals surface area contributed by atoms with Crippen molar-refractivity contribution in [3.05, 3.63) is 77.0 Å². The van der Waals surface area contributed by atoms with Gasteiger partial charge in [0.2, 0.25) is 0 Å². The predicted octanol–water partition coefficient (Wildman–Crippen LogP) is 2.38. The molecular formula is C28H32N8O3. The van der Waals surface area contributed by atoms with Gasteiger partial charge in [0.1, 0.15) is 5.82 Å². The highest BCUT2D eigenvalue weighted by Crippen LogP contribution is 2.30. The largest absolute Gasteiger partial charge is 0.383 e. The summed E-state index contributed by atoms with van der Waals surface area (Å²) >= 11 is 0. The standard InChI is InChI=1S/C28H32N8O3/c1-30-28(38)19-4-3-5-23(14-19)36-26(37)7-6-25(33-36)24-15-20(16-31-27(24)29)21-17-32-35(18-21)22-8-10-34(11-9-22)12-13-39-2/h3-7,14-18,22H,8-13H2,1-2H3,(H2,29,31)(H,30,38). The molecule has 39 heavy (non-hydrogen) atoms. The molecule has 1 aliphatic rings. The van der Waals surface area contributed by atoms with Gasteiger partial charge in [-0.3, -0.25) is 14.3 Å². The first-order valence-corrected chi connectivity index (χ1v) is 12.9. The van der Waals surface area contributed by atoms with Gasteiger partial charge >= 0.3 is 0 Å². The third kappa shape index (κ3) is 5.74. The molecule has 202 valence electrons. The fraction of sp³-hybridized carbons (Fsp3) is 0.321. The molecule has 4 heterocycles. The van der Waals surface area contributed by atoms with Crippen LogP contribution >= 0.6 is 0 Å². The summed E-state index contributed by atoms with van der Waals surface area (Å²) in [5, 5.41) is 11.8. The van der Waals surface area contributed by atoms with Crippen LogP contribution < -0.4 is 16.6 Å². The molecule has 3 N–H and O–H groups in total. The second-order valence-electron chi connectivity index (χ2n) is 9.53. The van der Waals surface area contributed by atoms with Crippen molar-refractivity contribution in [2.75, 3.05) is 46.1 Å². The van der Waals surface area contributed by atoms with Crippen molar-refractivity contribution in [2.45, 2.75) is 18.9 Å². The van der Waals surface area contributed by atoms with E-state index in [2.05, 4.69) is 25.4 Å². The number of rotatable bonds is 8. The van der Waals surface area contributed by atoms with Crippen LogP contribution in [0.3, 0.4) is 0 Å². The summed E-state index contributed by atoms with van der Waals surface area (Å²) in [5.74, 6) is 0.0470. The Bertz CT molecular complexity index is 1520. The van der Waals surface area contributed by atoms with Crippen LogP contribution in [0.4, 0.5) is 5.82 Å². The maximum Gasteiger partial charge on any atom is 0.271 e. The first kappa shape index (κ1) is 26.3. The van der Waals surface area contributed by atoms with Gasteiger partial charge in [0.05, 0.1) is 30.2 Å². The Labute approximate surface area is 226 Å². The maximum absolute atomic E-state index is 12.7. The molecule has 1 fully saturated rings. The minimum Gasteiger partial charge on any atom is -0.383 e. The van der Waals surface area contributed by atoms with Crippen LogP contribution in [0.5, 0.6) is 0 Å². The molecule has 4 aromatic rings. The third-order valence-corrected chi connectivity index (χ3v) is 7.05. The summed E-state index contributed by atoms with van der Waals surface area (Å²) in [5.41, 5.74) is 9.69. The van der Waals surface area contributed by atoms with Crippen molar-refractivity contribution in [3.63, 3.8) is 0 Å². The van der Waals surface area contributed by atoms with Gasteiger partial charge in [-0.05, 0) is 43.2 Å². The molecule has 0 unspecified atom stereocenters. The number of amides is 1. The van der Waals surface area contributed by atoms with E-state index in [1.54, 1.807) is 50.7 Å². The number of methoxy groups -OCH3 is 1. The Morgan fingerprint density at radius 2 is 1.95 bits per heavy atom. The first-order valence-electron chi connectivity index (χ1n) is 12.9. The summed E-state index contributed by atoms with van der Waals surface area (Å²) in [6.07, 6.45) is 7.67. The summed E-state index contributed by atoms with van der Waals surface area (Å²) in [6, 6.07) is 12.0. The number of carbonyl (C=O) groups is 1. The summed E-state index contributed by atoms with van der Waals surface area (Å²) in [4.78, 5) is 31.6. The molecule has 0 bridgehead atoms. The zero-order valence-corrected chi connectivity index (χ0v) is 22.1. The number of nitrogens with two attached hydrogens (primary N) is 1. The fourth-order valence-electron chi connectivity index (χ4n) is 4.82. The number of piperidine rings is 1. The Morgan fingerprint density at radius 3 is 2.72 bits per heavy atom. The highest BCUT2D eigenvalue weighted by molar-refractivity contribution is 5.94. The van der Waals surface area contributed by atoms with E-state index in [9.17, 15) is 9.59 Å². The van der Waals surface area contributed by atoms with Crippen molar-refractivity contribution in [3.8, 4) is 28.1 Å². The van der Waals surface area contributed by atoms with E-state index in [-0.39, 0.29) is 11.5 Å². The number of hydrogen-bond donors (Lipinski definition) is 2. The van der Waals surface area contributed by atoms with Gasteiger partial charge in [-0.15, -0.1) is 0 Å². The smallest absolute Gasteiger partial charge is 0.271 e. The first-order chi connectivity index (χ1) is 19.0. The number of nitrogen functional groups attached to an aromatic ring is 1. The topological polar surface area (TPSA) is 133 Å². The fourth-order valence-corrected chi connectivity index (χ4v) is 4.82. The van der Waals surface area contributed by atoms with Crippen LogP contribution in [0.25, 0.3) is 28.1 Å². The number of nitrogens with one attached hydrogen (secondary N) is 1. The quantitative estimate of drug-likeness (QED) is 0.356. The highest BCUT2D eigenvalue weighted by atomic mass is 16.5. The number of likely N-dealkylation sites (tertiary alicyclic amines) is 1. The van der Waals surface area contributed by atoms with E-state index in [0.29, 0.717) is 34.4 Å². The molecule has 11 heteroatoms. The van der Waals surface area contributed by atoms with E-state index < -0.39 is 0 Å².